The van der Waals surface area contributed by atoms with Crippen LogP contribution in [0, 0.1) is 29.6 Å². The molecule has 116 valence electrons. The van der Waals surface area contributed by atoms with Crippen LogP contribution < -0.4 is 5.73 Å². The van der Waals surface area contributed by atoms with Crippen molar-refractivity contribution in [1.29, 1.82) is 0 Å². The molecule has 2 fully saturated rings. The minimum Gasteiger partial charge on any atom is -0.421 e. The standard InChI is InChI=1S/C16H29NO3/c1-3-9(4-2)14(17)15(18)13-10-7-5-6-8-11(12(10)13)16(19)20/h9-14,16,19-20H,3-8,17H2,1-2H3/p+1. The molecular formula is C16H30NO3+. The molecule has 0 amide bonds. The van der Waals surface area contributed by atoms with Gasteiger partial charge in [-0.1, -0.05) is 39.5 Å². The first kappa shape index (κ1) is 15.9. The van der Waals surface area contributed by atoms with Crippen molar-refractivity contribution in [3.63, 3.8) is 0 Å². The van der Waals surface area contributed by atoms with Crippen LogP contribution in [0.2, 0.25) is 0 Å². The molecule has 0 aromatic heterocycles. The number of rotatable bonds is 6. The fourth-order valence-corrected chi connectivity index (χ4v) is 4.33. The highest BCUT2D eigenvalue weighted by Crippen LogP contribution is 2.58. The number of aliphatic hydroxyl groups excluding tert-OH is 1. The van der Waals surface area contributed by atoms with E-state index in [0.29, 0.717) is 5.92 Å². The van der Waals surface area contributed by atoms with E-state index in [9.17, 15) is 9.90 Å². The van der Waals surface area contributed by atoms with Crippen molar-refractivity contribution in [1.82, 2.24) is 0 Å². The van der Waals surface area contributed by atoms with E-state index in [0.717, 1.165) is 38.5 Å². The molecule has 0 heterocycles. The van der Waals surface area contributed by atoms with Crippen molar-refractivity contribution in [3.8, 4) is 0 Å². The van der Waals surface area contributed by atoms with Crippen molar-refractivity contribution in [3.05, 3.63) is 0 Å². The molecule has 0 bridgehead atoms. The number of Topliss-reactive ketones (excluding diaryl/α,β-unsaturated/α-hetero) is 1. The molecule has 0 aromatic carbocycles. The van der Waals surface area contributed by atoms with E-state index in [1.54, 1.807) is 0 Å². The zero-order valence-corrected chi connectivity index (χ0v) is 12.7. The molecule has 0 aromatic rings. The second kappa shape index (κ2) is 6.54. The Morgan fingerprint density at radius 2 is 1.90 bits per heavy atom. The third kappa shape index (κ3) is 2.92. The fourth-order valence-electron chi connectivity index (χ4n) is 4.33. The molecule has 0 saturated heterocycles. The van der Waals surface area contributed by atoms with Crippen LogP contribution in [0.3, 0.4) is 0 Å². The van der Waals surface area contributed by atoms with Gasteiger partial charge in [-0.05, 0) is 30.6 Å². The van der Waals surface area contributed by atoms with E-state index < -0.39 is 6.29 Å². The van der Waals surface area contributed by atoms with Gasteiger partial charge in [-0.2, -0.15) is 0 Å². The Hall–Kier alpha value is -0.450. The van der Waals surface area contributed by atoms with Gasteiger partial charge in [0.05, 0.1) is 12.0 Å². The normalized spacial score (nSPS) is 36.1. The number of fused-ring (bicyclic) bond motifs is 1. The van der Waals surface area contributed by atoms with Crippen molar-refractivity contribution < 1.29 is 15.0 Å². The molecule has 5 N–H and O–H groups in total. The quantitative estimate of drug-likeness (QED) is 0.571. The van der Waals surface area contributed by atoms with Gasteiger partial charge in [0.15, 0.2) is 5.78 Å². The Labute approximate surface area is 121 Å². The highest BCUT2D eigenvalue weighted by molar-refractivity contribution is 5.89. The first-order valence-electron chi connectivity index (χ1n) is 8.21. The topological polar surface area (TPSA) is 86.2 Å². The molecule has 6 unspecified atom stereocenters. The second-order valence-electron chi connectivity index (χ2n) is 6.66. The van der Waals surface area contributed by atoms with E-state index in [2.05, 4.69) is 13.8 Å². The number of hydrogen-bond donors (Lipinski definition) is 2. The van der Waals surface area contributed by atoms with Gasteiger partial charge < -0.3 is 15.9 Å². The van der Waals surface area contributed by atoms with E-state index in [-0.39, 0.29) is 35.5 Å². The van der Waals surface area contributed by atoms with E-state index in [4.69, 9.17) is 10.8 Å². The number of hydrogen-bond acceptors (Lipinski definition) is 3. The summed E-state index contributed by atoms with van der Waals surface area (Å²) in [7, 11) is 0. The molecule has 6 atom stereocenters. The monoisotopic (exact) mass is 284 g/mol. The van der Waals surface area contributed by atoms with Crippen LogP contribution in [-0.4, -0.2) is 28.3 Å². The maximum atomic E-state index is 12.6. The van der Waals surface area contributed by atoms with Crippen LogP contribution in [0.4, 0.5) is 0 Å². The van der Waals surface area contributed by atoms with E-state index in [1.165, 1.54) is 0 Å². The smallest absolute Gasteiger partial charge is 0.264 e. The predicted molar refractivity (Wildman–Crippen MR) is 79.1 cm³/mol. The lowest BCUT2D eigenvalue weighted by Gasteiger charge is -2.21. The Bertz CT molecular complexity index is 341. The van der Waals surface area contributed by atoms with Gasteiger partial charge in [0.2, 0.25) is 0 Å². The molecule has 2 aliphatic carbocycles. The predicted octanol–water partition coefficient (Wildman–Crippen LogP) is 1.41. The molecule has 0 spiro atoms. The van der Waals surface area contributed by atoms with Crippen LogP contribution in [0.5, 0.6) is 0 Å². The number of nitrogens with two attached hydrogens (primary N) is 1. The number of carbonyl (C=O) groups is 1. The summed E-state index contributed by atoms with van der Waals surface area (Å²) < 4.78 is 0. The zero-order chi connectivity index (χ0) is 14.9. The average molecular weight is 284 g/mol. The third-order valence-corrected chi connectivity index (χ3v) is 5.67. The third-order valence-electron chi connectivity index (χ3n) is 5.67. The van der Waals surface area contributed by atoms with Crippen molar-refractivity contribution in [2.45, 2.75) is 64.7 Å². The van der Waals surface area contributed by atoms with Crippen LogP contribution in [0.15, 0.2) is 0 Å². The Balaban J connectivity index is 2.05. The first-order valence-corrected chi connectivity index (χ1v) is 8.21. The van der Waals surface area contributed by atoms with Crippen LogP contribution in [0.25, 0.3) is 0 Å². The maximum Gasteiger partial charge on any atom is 0.264 e. The molecule has 2 aliphatic rings. The lowest BCUT2D eigenvalue weighted by molar-refractivity contribution is -0.124. The van der Waals surface area contributed by atoms with E-state index in [1.807, 2.05) is 0 Å². The highest BCUT2D eigenvalue weighted by atomic mass is 16.5. The number of aliphatic hydroxyl groups is 1. The first-order chi connectivity index (χ1) is 9.52. The molecule has 2 saturated carbocycles. The van der Waals surface area contributed by atoms with Crippen LogP contribution in [-0.2, 0) is 4.79 Å². The molecule has 0 aliphatic heterocycles. The van der Waals surface area contributed by atoms with Gasteiger partial charge in [0.1, 0.15) is 0 Å². The van der Waals surface area contributed by atoms with Crippen LogP contribution >= 0.6 is 0 Å². The summed E-state index contributed by atoms with van der Waals surface area (Å²) in [5.41, 5.74) is 6.18. The Morgan fingerprint density at radius 1 is 1.30 bits per heavy atom. The van der Waals surface area contributed by atoms with Gasteiger partial charge in [0, 0.05) is 5.92 Å². The second-order valence-corrected chi connectivity index (χ2v) is 6.66. The van der Waals surface area contributed by atoms with Crippen molar-refractivity contribution in [2.75, 3.05) is 0 Å². The van der Waals surface area contributed by atoms with Crippen molar-refractivity contribution >= 4 is 5.78 Å². The molecule has 4 nitrogen and oxygen atoms in total. The zero-order valence-electron chi connectivity index (χ0n) is 12.7. The number of carbonyl (C=O) groups excluding carboxylic acids is 1. The maximum absolute atomic E-state index is 12.6. The fraction of sp³-hybridized carbons (Fsp3) is 0.938. The molecule has 20 heavy (non-hydrogen) atoms. The minimum absolute atomic E-state index is 0.0228. The minimum atomic E-state index is -1.04. The average Bonchev–Trinajstić information content (AvgIpc) is 3.14. The van der Waals surface area contributed by atoms with Gasteiger partial charge >= 0.3 is 0 Å². The largest absolute Gasteiger partial charge is 0.421 e. The summed E-state index contributed by atoms with van der Waals surface area (Å²) >= 11 is 0. The van der Waals surface area contributed by atoms with Gasteiger partial charge in [-0.25, -0.2) is 0 Å². The summed E-state index contributed by atoms with van der Waals surface area (Å²) in [5, 5.41) is 17.3. The Morgan fingerprint density at radius 3 is 2.45 bits per heavy atom. The lowest BCUT2D eigenvalue weighted by atomic mass is 9.87. The van der Waals surface area contributed by atoms with Crippen molar-refractivity contribution in [2.24, 2.45) is 35.3 Å². The molecule has 0 radical (unpaired) electrons. The van der Waals surface area contributed by atoms with Crippen LogP contribution in [0.1, 0.15) is 52.4 Å². The summed E-state index contributed by atoms with van der Waals surface area (Å²) in [6.45, 7) is 4.17. The summed E-state index contributed by atoms with van der Waals surface area (Å²) in [6, 6.07) is -0.356. The summed E-state index contributed by atoms with van der Waals surface area (Å²) in [6.07, 6.45) is 4.99. The highest BCUT2D eigenvalue weighted by Gasteiger charge is 2.60. The van der Waals surface area contributed by atoms with Gasteiger partial charge in [-0.15, -0.1) is 0 Å². The molecule has 2 rings (SSSR count). The Kier molecular flexibility index (Phi) is 5.21. The van der Waals surface area contributed by atoms with E-state index >= 15 is 0 Å². The number of ketones is 1. The van der Waals surface area contributed by atoms with Gasteiger partial charge in [0.25, 0.3) is 6.29 Å². The molecular weight excluding hydrogens is 254 g/mol. The summed E-state index contributed by atoms with van der Waals surface area (Å²) in [4.78, 5) is 12.6. The molecule has 4 heteroatoms. The lowest BCUT2D eigenvalue weighted by Crippen LogP contribution is -2.39. The van der Waals surface area contributed by atoms with Gasteiger partial charge in [-0.3, -0.25) is 4.79 Å². The summed E-state index contributed by atoms with van der Waals surface area (Å²) in [5.74, 6) is 1.07. The SMILES string of the molecule is CCC(CC)C(N)C(=O)C1C2CCCCC(C(O)[OH2+])C21.